The molecule has 1 unspecified atom stereocenters. The Bertz CT molecular complexity index is 684. The third-order valence-electron chi connectivity index (χ3n) is 3.77. The summed E-state index contributed by atoms with van der Waals surface area (Å²) in [6.45, 7) is 2.23. The molecule has 1 amide bonds. The maximum atomic E-state index is 14.0. The number of piperidine rings is 1. The second-order valence-electron chi connectivity index (χ2n) is 5.29. The van der Waals surface area contributed by atoms with Gasteiger partial charge in [0.05, 0.1) is 10.6 Å². The van der Waals surface area contributed by atoms with Crippen LogP contribution in [0.25, 0.3) is 0 Å². The lowest BCUT2D eigenvalue weighted by Crippen LogP contribution is -2.39. The van der Waals surface area contributed by atoms with E-state index in [2.05, 4.69) is 10.1 Å². The van der Waals surface area contributed by atoms with Crippen molar-refractivity contribution >= 4 is 17.5 Å². The number of amides is 1. The van der Waals surface area contributed by atoms with Crippen molar-refractivity contribution in [3.8, 4) is 0 Å². The van der Waals surface area contributed by atoms with Gasteiger partial charge in [-0.25, -0.2) is 4.39 Å². The number of rotatable bonds is 2. The molecular formula is C15H15ClFN3O2. The largest absolute Gasteiger partial charge is 0.337 e. The van der Waals surface area contributed by atoms with Gasteiger partial charge in [0.2, 0.25) is 5.89 Å². The van der Waals surface area contributed by atoms with Crippen LogP contribution in [-0.4, -0.2) is 27.5 Å². The van der Waals surface area contributed by atoms with E-state index in [1.807, 2.05) is 0 Å². The van der Waals surface area contributed by atoms with E-state index in [0.29, 0.717) is 24.7 Å². The van der Waals surface area contributed by atoms with E-state index in [9.17, 15) is 9.18 Å². The maximum Gasteiger partial charge on any atom is 0.259 e. The summed E-state index contributed by atoms with van der Waals surface area (Å²) in [6, 6.07) is 3.88. The van der Waals surface area contributed by atoms with Gasteiger partial charge in [-0.2, -0.15) is 4.98 Å². The standard InChI is InChI=1S/C15H15ClFN3O2/c1-9-18-14(22-19-9)12-7-2-3-8-20(12)15(21)13-10(16)5-4-6-11(13)17/h4-6,12H,2-3,7-8H2,1H3. The van der Waals surface area contributed by atoms with Gasteiger partial charge < -0.3 is 9.42 Å². The van der Waals surface area contributed by atoms with Crippen molar-refractivity contribution in [2.24, 2.45) is 0 Å². The minimum absolute atomic E-state index is 0.104. The van der Waals surface area contributed by atoms with E-state index < -0.39 is 11.7 Å². The Balaban J connectivity index is 1.95. The molecule has 1 fully saturated rings. The average molecular weight is 324 g/mol. The zero-order chi connectivity index (χ0) is 15.7. The molecule has 2 aromatic rings. The SMILES string of the molecule is Cc1noc(C2CCCCN2C(=O)c2c(F)cccc2Cl)n1. The molecule has 1 aromatic heterocycles. The highest BCUT2D eigenvalue weighted by atomic mass is 35.5. The molecule has 1 aliphatic heterocycles. The summed E-state index contributed by atoms with van der Waals surface area (Å²) < 4.78 is 19.2. The smallest absolute Gasteiger partial charge is 0.259 e. The molecule has 2 heterocycles. The highest BCUT2D eigenvalue weighted by molar-refractivity contribution is 6.33. The van der Waals surface area contributed by atoms with E-state index in [0.717, 1.165) is 12.8 Å². The number of halogens is 2. The molecule has 116 valence electrons. The van der Waals surface area contributed by atoms with Crippen molar-refractivity contribution in [2.75, 3.05) is 6.54 Å². The summed E-state index contributed by atoms with van der Waals surface area (Å²) in [4.78, 5) is 18.5. The van der Waals surface area contributed by atoms with Crippen LogP contribution in [0.1, 0.15) is 47.4 Å². The van der Waals surface area contributed by atoms with Gasteiger partial charge in [0.25, 0.3) is 5.91 Å². The molecule has 0 spiro atoms. The van der Waals surface area contributed by atoms with Gasteiger partial charge in [-0.3, -0.25) is 4.79 Å². The first-order valence-corrected chi connectivity index (χ1v) is 7.51. The molecule has 0 aliphatic carbocycles. The molecule has 5 nitrogen and oxygen atoms in total. The number of aromatic nitrogens is 2. The zero-order valence-corrected chi connectivity index (χ0v) is 12.8. The Hall–Kier alpha value is -1.95. The fourth-order valence-electron chi connectivity index (χ4n) is 2.73. The Labute approximate surface area is 132 Å². The number of aryl methyl sites for hydroxylation is 1. The third-order valence-corrected chi connectivity index (χ3v) is 4.08. The lowest BCUT2D eigenvalue weighted by Gasteiger charge is -2.33. The monoisotopic (exact) mass is 323 g/mol. The predicted octanol–water partition coefficient (Wildman–Crippen LogP) is 3.54. The number of hydrogen-bond donors (Lipinski definition) is 0. The summed E-state index contributed by atoms with van der Waals surface area (Å²) in [7, 11) is 0. The predicted molar refractivity (Wildman–Crippen MR) is 78.1 cm³/mol. The highest BCUT2D eigenvalue weighted by Gasteiger charge is 2.34. The minimum Gasteiger partial charge on any atom is -0.337 e. The Morgan fingerprint density at radius 3 is 2.95 bits per heavy atom. The second-order valence-corrected chi connectivity index (χ2v) is 5.69. The van der Waals surface area contributed by atoms with E-state index >= 15 is 0 Å². The molecule has 1 atom stereocenters. The highest BCUT2D eigenvalue weighted by Crippen LogP contribution is 2.33. The number of nitrogens with zero attached hydrogens (tertiary/aromatic N) is 3. The summed E-state index contributed by atoms with van der Waals surface area (Å²) in [5.41, 5.74) is -0.104. The summed E-state index contributed by atoms with van der Waals surface area (Å²) >= 11 is 6.00. The summed E-state index contributed by atoms with van der Waals surface area (Å²) in [5, 5.41) is 3.88. The molecule has 3 rings (SSSR count). The van der Waals surface area contributed by atoms with Crippen molar-refractivity contribution in [1.82, 2.24) is 15.0 Å². The van der Waals surface area contributed by atoms with Crippen molar-refractivity contribution in [2.45, 2.75) is 32.2 Å². The topological polar surface area (TPSA) is 59.2 Å². The molecular weight excluding hydrogens is 309 g/mol. The van der Waals surface area contributed by atoms with Crippen LogP contribution < -0.4 is 0 Å². The third kappa shape index (κ3) is 2.70. The van der Waals surface area contributed by atoms with Gasteiger partial charge in [-0.05, 0) is 38.3 Å². The number of carbonyl (C=O) groups excluding carboxylic acids is 1. The van der Waals surface area contributed by atoms with E-state index in [1.54, 1.807) is 11.8 Å². The second kappa shape index (κ2) is 6.04. The van der Waals surface area contributed by atoms with E-state index in [1.165, 1.54) is 18.2 Å². The molecule has 0 N–H and O–H groups in total. The molecule has 0 radical (unpaired) electrons. The van der Waals surface area contributed by atoms with Crippen LogP contribution in [0.15, 0.2) is 22.7 Å². The lowest BCUT2D eigenvalue weighted by atomic mass is 10.0. The molecule has 1 aliphatic rings. The molecule has 0 bridgehead atoms. The van der Waals surface area contributed by atoms with E-state index in [-0.39, 0.29) is 16.6 Å². The van der Waals surface area contributed by atoms with Crippen LogP contribution in [0, 0.1) is 12.7 Å². The van der Waals surface area contributed by atoms with Gasteiger partial charge in [-0.1, -0.05) is 22.8 Å². The van der Waals surface area contributed by atoms with Crippen molar-refractivity contribution in [1.29, 1.82) is 0 Å². The molecule has 1 aromatic carbocycles. The minimum atomic E-state index is -0.622. The molecule has 1 saturated heterocycles. The fraction of sp³-hybridized carbons (Fsp3) is 0.400. The summed E-state index contributed by atoms with van der Waals surface area (Å²) in [6.07, 6.45) is 2.50. The van der Waals surface area contributed by atoms with Crippen LogP contribution in [0.4, 0.5) is 4.39 Å². The maximum absolute atomic E-state index is 14.0. The van der Waals surface area contributed by atoms with Crippen LogP contribution in [0.5, 0.6) is 0 Å². The normalized spacial score (nSPS) is 18.5. The Morgan fingerprint density at radius 1 is 1.45 bits per heavy atom. The first-order valence-electron chi connectivity index (χ1n) is 7.13. The van der Waals surface area contributed by atoms with Crippen molar-refractivity contribution < 1.29 is 13.7 Å². The van der Waals surface area contributed by atoms with Gasteiger partial charge in [-0.15, -0.1) is 0 Å². The van der Waals surface area contributed by atoms with Gasteiger partial charge in [0, 0.05) is 6.54 Å². The van der Waals surface area contributed by atoms with E-state index in [4.69, 9.17) is 16.1 Å². The first kappa shape index (κ1) is 15.0. The zero-order valence-electron chi connectivity index (χ0n) is 12.1. The number of carbonyl (C=O) groups is 1. The quantitative estimate of drug-likeness (QED) is 0.848. The first-order chi connectivity index (χ1) is 10.6. The van der Waals surface area contributed by atoms with Crippen LogP contribution >= 0.6 is 11.6 Å². The lowest BCUT2D eigenvalue weighted by molar-refractivity contribution is 0.0557. The van der Waals surface area contributed by atoms with Crippen molar-refractivity contribution in [3.05, 3.63) is 46.3 Å². The number of benzene rings is 1. The number of hydrogen-bond acceptors (Lipinski definition) is 4. The number of likely N-dealkylation sites (tertiary alicyclic amines) is 1. The molecule has 0 saturated carbocycles. The summed E-state index contributed by atoms with van der Waals surface area (Å²) in [5.74, 6) is -0.165. The molecule has 22 heavy (non-hydrogen) atoms. The van der Waals surface area contributed by atoms with Crippen LogP contribution in [0.3, 0.4) is 0 Å². The van der Waals surface area contributed by atoms with Crippen molar-refractivity contribution in [3.63, 3.8) is 0 Å². The fourth-order valence-corrected chi connectivity index (χ4v) is 2.97. The van der Waals surface area contributed by atoms with Crippen LogP contribution in [-0.2, 0) is 0 Å². The van der Waals surface area contributed by atoms with Crippen LogP contribution in [0.2, 0.25) is 5.02 Å². The Morgan fingerprint density at radius 2 is 2.27 bits per heavy atom. The van der Waals surface area contributed by atoms with Gasteiger partial charge in [0.1, 0.15) is 11.9 Å². The average Bonchev–Trinajstić information content (AvgIpc) is 2.93. The molecule has 7 heteroatoms. The van der Waals surface area contributed by atoms with Gasteiger partial charge >= 0.3 is 0 Å². The van der Waals surface area contributed by atoms with Gasteiger partial charge in [0.15, 0.2) is 5.82 Å². The Kier molecular flexibility index (Phi) is 4.11.